The van der Waals surface area contributed by atoms with Gasteiger partial charge in [-0.3, -0.25) is 4.79 Å². The number of rotatable bonds is 6. The molecule has 1 unspecified atom stereocenters. The highest BCUT2D eigenvalue weighted by atomic mass is 35.5. The fourth-order valence-electron chi connectivity index (χ4n) is 2.97. The van der Waals surface area contributed by atoms with E-state index in [-0.39, 0.29) is 30.7 Å². The number of carbonyl (C=O) groups excluding carboxylic acids is 1. The van der Waals surface area contributed by atoms with Crippen molar-refractivity contribution in [2.45, 2.75) is 32.7 Å². The monoisotopic (exact) mass is 385 g/mol. The summed E-state index contributed by atoms with van der Waals surface area (Å²) in [6.07, 6.45) is 4.41. The molecule has 1 aromatic heterocycles. The molecular formula is C17H25Cl2N5O. The third-order valence-electron chi connectivity index (χ3n) is 4.30. The Hall–Kier alpha value is -1.63. The Morgan fingerprint density at radius 1 is 1.40 bits per heavy atom. The fourth-order valence-corrected chi connectivity index (χ4v) is 2.97. The van der Waals surface area contributed by atoms with Gasteiger partial charge in [-0.25, -0.2) is 0 Å². The summed E-state index contributed by atoms with van der Waals surface area (Å²) in [5.74, 6) is 1.53. The van der Waals surface area contributed by atoms with Crippen LogP contribution < -0.4 is 10.6 Å². The van der Waals surface area contributed by atoms with Gasteiger partial charge < -0.3 is 15.2 Å². The van der Waals surface area contributed by atoms with Gasteiger partial charge in [-0.15, -0.1) is 35.0 Å². The zero-order chi connectivity index (χ0) is 16.1. The molecule has 0 aliphatic carbocycles. The van der Waals surface area contributed by atoms with E-state index in [2.05, 4.69) is 27.8 Å². The number of halogens is 2. The van der Waals surface area contributed by atoms with Crippen molar-refractivity contribution in [1.29, 1.82) is 0 Å². The summed E-state index contributed by atoms with van der Waals surface area (Å²) < 4.78 is 1.98. The van der Waals surface area contributed by atoms with E-state index >= 15 is 0 Å². The predicted octanol–water partition coefficient (Wildman–Crippen LogP) is 3.14. The molecule has 0 spiro atoms. The molecule has 1 aliphatic rings. The van der Waals surface area contributed by atoms with Crippen LogP contribution in [-0.4, -0.2) is 33.8 Å². The second-order valence-corrected chi connectivity index (χ2v) is 5.97. The molecule has 2 aromatic rings. The number of anilines is 1. The molecule has 2 N–H and O–H groups in total. The number of aryl methyl sites for hydroxylation is 1. The van der Waals surface area contributed by atoms with E-state index in [1.54, 1.807) is 6.33 Å². The molecule has 0 radical (unpaired) electrons. The van der Waals surface area contributed by atoms with Crippen molar-refractivity contribution in [3.8, 4) is 11.4 Å². The lowest BCUT2D eigenvalue weighted by molar-refractivity contribution is -0.116. The van der Waals surface area contributed by atoms with Gasteiger partial charge in [-0.2, -0.15) is 0 Å². The maximum Gasteiger partial charge on any atom is 0.224 e. The zero-order valence-corrected chi connectivity index (χ0v) is 15.9. The summed E-state index contributed by atoms with van der Waals surface area (Å²) in [7, 11) is 0. The zero-order valence-electron chi connectivity index (χ0n) is 14.3. The van der Waals surface area contributed by atoms with Gasteiger partial charge in [0.05, 0.1) is 0 Å². The van der Waals surface area contributed by atoms with Crippen LogP contribution in [0.25, 0.3) is 11.4 Å². The van der Waals surface area contributed by atoms with Crippen molar-refractivity contribution in [2.24, 2.45) is 5.92 Å². The number of hydrogen-bond donors (Lipinski definition) is 2. The van der Waals surface area contributed by atoms with Crippen LogP contribution in [-0.2, 0) is 11.3 Å². The average Bonchev–Trinajstić information content (AvgIpc) is 3.24. The van der Waals surface area contributed by atoms with Gasteiger partial charge >= 0.3 is 0 Å². The van der Waals surface area contributed by atoms with Gasteiger partial charge in [-0.05, 0) is 50.9 Å². The Morgan fingerprint density at radius 3 is 2.96 bits per heavy atom. The average molecular weight is 386 g/mol. The van der Waals surface area contributed by atoms with E-state index in [1.165, 1.54) is 6.42 Å². The molecule has 3 rings (SSSR count). The van der Waals surface area contributed by atoms with Gasteiger partial charge in [-0.1, -0.05) is 12.1 Å². The van der Waals surface area contributed by atoms with Crippen molar-refractivity contribution in [3.05, 3.63) is 30.6 Å². The highest BCUT2D eigenvalue weighted by molar-refractivity contribution is 5.91. The lowest BCUT2D eigenvalue weighted by Gasteiger charge is -2.10. The summed E-state index contributed by atoms with van der Waals surface area (Å²) in [6, 6.07) is 7.77. The summed E-state index contributed by atoms with van der Waals surface area (Å²) in [4.78, 5) is 12.1. The van der Waals surface area contributed by atoms with Crippen LogP contribution in [0.5, 0.6) is 0 Å². The van der Waals surface area contributed by atoms with Crippen LogP contribution in [0.15, 0.2) is 30.6 Å². The van der Waals surface area contributed by atoms with Crippen LogP contribution >= 0.6 is 24.8 Å². The number of amides is 1. The predicted molar refractivity (Wildman–Crippen MR) is 104 cm³/mol. The number of benzene rings is 1. The molecule has 1 aromatic carbocycles. The number of nitrogens with one attached hydrogen (secondary N) is 2. The van der Waals surface area contributed by atoms with Crippen LogP contribution in [0.1, 0.15) is 26.2 Å². The second kappa shape index (κ2) is 10.4. The summed E-state index contributed by atoms with van der Waals surface area (Å²) in [6.45, 7) is 4.98. The summed E-state index contributed by atoms with van der Waals surface area (Å²) in [5, 5.41) is 14.4. The highest BCUT2D eigenvalue weighted by Crippen LogP contribution is 2.21. The lowest BCUT2D eigenvalue weighted by atomic mass is 10.0. The Labute approximate surface area is 160 Å². The van der Waals surface area contributed by atoms with E-state index in [4.69, 9.17) is 0 Å². The Morgan fingerprint density at radius 2 is 2.24 bits per heavy atom. The third-order valence-corrected chi connectivity index (χ3v) is 4.30. The first-order chi connectivity index (χ1) is 11.3. The van der Waals surface area contributed by atoms with Crippen molar-refractivity contribution >= 4 is 36.4 Å². The molecule has 1 fully saturated rings. The van der Waals surface area contributed by atoms with Crippen LogP contribution in [0.2, 0.25) is 0 Å². The van der Waals surface area contributed by atoms with E-state index in [9.17, 15) is 4.79 Å². The first-order valence-corrected chi connectivity index (χ1v) is 8.25. The third kappa shape index (κ3) is 5.70. The Kier molecular flexibility index (Phi) is 8.89. The molecular weight excluding hydrogens is 361 g/mol. The minimum Gasteiger partial charge on any atom is -0.326 e. The second-order valence-electron chi connectivity index (χ2n) is 5.97. The first-order valence-electron chi connectivity index (χ1n) is 8.25. The molecule has 1 aliphatic heterocycles. The highest BCUT2D eigenvalue weighted by Gasteiger charge is 2.16. The van der Waals surface area contributed by atoms with Gasteiger partial charge in [0.2, 0.25) is 5.91 Å². The van der Waals surface area contributed by atoms with Crippen molar-refractivity contribution in [2.75, 3.05) is 18.4 Å². The van der Waals surface area contributed by atoms with Crippen molar-refractivity contribution in [1.82, 2.24) is 20.1 Å². The standard InChI is InChI=1S/C17H23N5O.2ClH/c1-2-22-12-19-21-17(22)14-4-3-5-15(10-14)20-16(23)7-6-13-8-9-18-11-13;;/h3-5,10,12-13,18H,2,6-9,11H2,1H3,(H,20,23);2*1H. The molecule has 8 heteroatoms. The normalized spacial score (nSPS) is 16.0. The molecule has 1 amide bonds. The molecule has 1 saturated heterocycles. The number of aromatic nitrogens is 3. The smallest absolute Gasteiger partial charge is 0.224 e. The first kappa shape index (κ1) is 21.4. The van der Waals surface area contributed by atoms with Crippen LogP contribution in [0.3, 0.4) is 0 Å². The van der Waals surface area contributed by atoms with Gasteiger partial charge in [0.25, 0.3) is 0 Å². The Bertz CT molecular complexity index is 671. The SMILES string of the molecule is CCn1cnnc1-c1cccc(NC(=O)CCC2CCNC2)c1.Cl.Cl. The summed E-state index contributed by atoms with van der Waals surface area (Å²) >= 11 is 0. The molecule has 1 atom stereocenters. The lowest BCUT2D eigenvalue weighted by Crippen LogP contribution is -2.15. The Balaban J connectivity index is 0.00000156. The minimum atomic E-state index is 0. The maximum atomic E-state index is 12.1. The van der Waals surface area contributed by atoms with Crippen molar-refractivity contribution < 1.29 is 4.79 Å². The largest absolute Gasteiger partial charge is 0.326 e. The molecule has 0 saturated carbocycles. The fraction of sp³-hybridized carbons (Fsp3) is 0.471. The van der Waals surface area contributed by atoms with E-state index < -0.39 is 0 Å². The van der Waals surface area contributed by atoms with Gasteiger partial charge in [0.1, 0.15) is 6.33 Å². The van der Waals surface area contributed by atoms with E-state index in [0.717, 1.165) is 43.1 Å². The molecule has 6 nitrogen and oxygen atoms in total. The number of nitrogens with zero attached hydrogens (tertiary/aromatic N) is 3. The van der Waals surface area contributed by atoms with Crippen LogP contribution in [0.4, 0.5) is 5.69 Å². The summed E-state index contributed by atoms with van der Waals surface area (Å²) in [5.41, 5.74) is 1.77. The van der Waals surface area contributed by atoms with Gasteiger partial charge in [0, 0.05) is 24.2 Å². The van der Waals surface area contributed by atoms with Crippen LogP contribution in [0, 0.1) is 5.92 Å². The molecule has 138 valence electrons. The molecule has 2 heterocycles. The maximum absolute atomic E-state index is 12.1. The molecule has 25 heavy (non-hydrogen) atoms. The quantitative estimate of drug-likeness (QED) is 0.800. The molecule has 0 bridgehead atoms. The number of hydrogen-bond acceptors (Lipinski definition) is 4. The van der Waals surface area contributed by atoms with Gasteiger partial charge in [0.15, 0.2) is 5.82 Å². The number of carbonyl (C=O) groups is 1. The topological polar surface area (TPSA) is 71.8 Å². The minimum absolute atomic E-state index is 0. The van der Waals surface area contributed by atoms with E-state index in [1.807, 2.05) is 28.8 Å². The van der Waals surface area contributed by atoms with Crippen molar-refractivity contribution in [3.63, 3.8) is 0 Å². The van der Waals surface area contributed by atoms with E-state index in [0.29, 0.717) is 12.3 Å².